The lowest BCUT2D eigenvalue weighted by molar-refractivity contribution is 0.0600. The highest BCUT2D eigenvalue weighted by atomic mass is 35.5. The highest BCUT2D eigenvalue weighted by Crippen LogP contribution is 2.27. The van der Waals surface area contributed by atoms with Crippen LogP contribution in [0.1, 0.15) is 26.3 Å². The lowest BCUT2D eigenvalue weighted by Gasteiger charge is -2.20. The Bertz CT molecular complexity index is 1330. The third kappa shape index (κ3) is 5.15. The number of aryl methyl sites for hydroxylation is 1. The van der Waals surface area contributed by atoms with Gasteiger partial charge in [-0.05, 0) is 73.2 Å². The average molecular weight is 491 g/mol. The second-order valence-electron chi connectivity index (χ2n) is 7.07. The Morgan fingerprint density at radius 1 is 1.03 bits per heavy atom. The van der Waals surface area contributed by atoms with Gasteiger partial charge in [0.2, 0.25) is 0 Å². The molecule has 10 heteroatoms. The molecular formula is C23H20ClFN2O5S. The van der Waals surface area contributed by atoms with Crippen LogP contribution >= 0.6 is 11.6 Å². The van der Waals surface area contributed by atoms with Crippen LogP contribution in [0, 0.1) is 12.7 Å². The largest absolute Gasteiger partial charge is 0.465 e. The number of methoxy groups -OCH3 is 1. The van der Waals surface area contributed by atoms with Gasteiger partial charge < -0.3 is 10.1 Å². The van der Waals surface area contributed by atoms with Gasteiger partial charge in [0.1, 0.15) is 5.82 Å². The number of hydrogen-bond donors (Lipinski definition) is 1. The van der Waals surface area contributed by atoms with Gasteiger partial charge in [0.15, 0.2) is 0 Å². The fourth-order valence-corrected chi connectivity index (χ4v) is 4.45. The first-order valence-electron chi connectivity index (χ1n) is 9.59. The molecule has 0 aliphatic carbocycles. The number of carbonyl (C=O) groups excluding carboxylic acids is 2. The summed E-state index contributed by atoms with van der Waals surface area (Å²) in [6.45, 7) is 1.70. The number of nitrogens with one attached hydrogen (secondary N) is 1. The molecule has 0 unspecified atom stereocenters. The summed E-state index contributed by atoms with van der Waals surface area (Å²) >= 11 is 6.17. The number of carbonyl (C=O) groups is 2. The summed E-state index contributed by atoms with van der Waals surface area (Å²) in [7, 11) is -1.47. The number of nitrogens with zero attached hydrogens (tertiary/aromatic N) is 1. The Kier molecular flexibility index (Phi) is 7.04. The highest BCUT2D eigenvalue weighted by Gasteiger charge is 2.24. The van der Waals surface area contributed by atoms with E-state index in [-0.39, 0.29) is 21.2 Å². The molecule has 0 heterocycles. The molecule has 0 aliphatic heterocycles. The van der Waals surface area contributed by atoms with E-state index in [1.54, 1.807) is 13.0 Å². The number of rotatable bonds is 6. The quantitative estimate of drug-likeness (QED) is 0.508. The predicted molar refractivity (Wildman–Crippen MR) is 124 cm³/mol. The van der Waals surface area contributed by atoms with E-state index in [2.05, 4.69) is 10.1 Å². The van der Waals surface area contributed by atoms with Crippen LogP contribution < -0.4 is 9.62 Å². The van der Waals surface area contributed by atoms with E-state index < -0.39 is 27.7 Å². The number of ether oxygens (including phenoxy) is 1. The summed E-state index contributed by atoms with van der Waals surface area (Å²) < 4.78 is 45.0. The predicted octanol–water partition coefficient (Wildman–Crippen LogP) is 4.65. The van der Waals surface area contributed by atoms with Crippen molar-refractivity contribution in [3.63, 3.8) is 0 Å². The SMILES string of the molecule is COC(=O)c1ccc(NC(=O)c2cc(S(=O)(=O)N(C)c3ccc(F)cc3)ccc2Cl)c(C)c1. The first kappa shape index (κ1) is 24.2. The Hall–Kier alpha value is -3.43. The summed E-state index contributed by atoms with van der Waals surface area (Å²) in [6.07, 6.45) is 0. The number of sulfonamides is 1. The van der Waals surface area contributed by atoms with Crippen molar-refractivity contribution in [1.82, 2.24) is 0 Å². The molecule has 7 nitrogen and oxygen atoms in total. The molecular weight excluding hydrogens is 471 g/mol. The minimum absolute atomic E-state index is 0.0540. The van der Waals surface area contributed by atoms with Gasteiger partial charge in [-0.2, -0.15) is 0 Å². The molecule has 0 saturated heterocycles. The van der Waals surface area contributed by atoms with Gasteiger partial charge in [-0.15, -0.1) is 0 Å². The standard InChI is InChI=1S/C23H20ClFN2O5S/c1-14-12-15(23(29)32-3)4-11-21(14)26-22(28)19-13-18(9-10-20(19)24)33(30,31)27(2)17-7-5-16(25)6-8-17/h4-13H,1-3H3,(H,26,28). The van der Waals surface area contributed by atoms with Crippen molar-refractivity contribution in [1.29, 1.82) is 0 Å². The number of amides is 1. The zero-order chi connectivity index (χ0) is 24.3. The summed E-state index contributed by atoms with van der Waals surface area (Å²) in [5, 5.41) is 2.73. The van der Waals surface area contributed by atoms with Crippen LogP contribution in [0.3, 0.4) is 0 Å². The topological polar surface area (TPSA) is 92.8 Å². The molecule has 0 bridgehead atoms. The minimum Gasteiger partial charge on any atom is -0.465 e. The molecule has 1 N–H and O–H groups in total. The maximum absolute atomic E-state index is 13.2. The van der Waals surface area contributed by atoms with Crippen LogP contribution in [-0.4, -0.2) is 34.5 Å². The van der Waals surface area contributed by atoms with Gasteiger partial charge >= 0.3 is 5.97 Å². The van der Waals surface area contributed by atoms with Gasteiger partial charge in [0, 0.05) is 12.7 Å². The zero-order valence-electron chi connectivity index (χ0n) is 17.9. The van der Waals surface area contributed by atoms with E-state index in [0.717, 1.165) is 16.4 Å². The maximum Gasteiger partial charge on any atom is 0.337 e. The van der Waals surface area contributed by atoms with E-state index in [1.165, 1.54) is 56.6 Å². The summed E-state index contributed by atoms with van der Waals surface area (Å²) in [5.41, 5.74) is 1.53. The third-order valence-corrected chi connectivity index (χ3v) is 7.04. The van der Waals surface area contributed by atoms with Crippen molar-refractivity contribution in [3.8, 4) is 0 Å². The number of hydrogen-bond acceptors (Lipinski definition) is 5. The molecule has 0 fully saturated rings. The number of halogens is 2. The first-order chi connectivity index (χ1) is 15.5. The van der Waals surface area contributed by atoms with Gasteiger partial charge in [-0.25, -0.2) is 17.6 Å². The summed E-state index contributed by atoms with van der Waals surface area (Å²) in [6, 6.07) is 13.3. The minimum atomic E-state index is -4.06. The van der Waals surface area contributed by atoms with Crippen molar-refractivity contribution < 1.29 is 27.1 Å². The van der Waals surface area contributed by atoms with Crippen molar-refractivity contribution in [2.45, 2.75) is 11.8 Å². The van der Waals surface area contributed by atoms with Crippen LogP contribution in [-0.2, 0) is 14.8 Å². The molecule has 0 radical (unpaired) electrons. The van der Waals surface area contributed by atoms with E-state index in [0.29, 0.717) is 16.8 Å². The van der Waals surface area contributed by atoms with Gasteiger partial charge in [0.05, 0.1) is 33.8 Å². The van der Waals surface area contributed by atoms with E-state index in [9.17, 15) is 22.4 Å². The number of anilines is 2. The molecule has 0 atom stereocenters. The Balaban J connectivity index is 1.90. The Morgan fingerprint density at radius 3 is 2.30 bits per heavy atom. The normalized spacial score (nSPS) is 11.1. The van der Waals surface area contributed by atoms with Crippen LogP contribution in [0.2, 0.25) is 5.02 Å². The molecule has 33 heavy (non-hydrogen) atoms. The third-order valence-electron chi connectivity index (χ3n) is 4.93. The van der Waals surface area contributed by atoms with E-state index in [1.807, 2.05) is 0 Å². The van der Waals surface area contributed by atoms with Crippen molar-refractivity contribution in [3.05, 3.63) is 88.2 Å². The van der Waals surface area contributed by atoms with Gasteiger partial charge in [0.25, 0.3) is 15.9 Å². The Labute approximate surface area is 195 Å². The molecule has 3 aromatic rings. The second kappa shape index (κ2) is 9.60. The fourth-order valence-electron chi connectivity index (χ4n) is 3.03. The van der Waals surface area contributed by atoms with Crippen LogP contribution in [0.25, 0.3) is 0 Å². The lowest BCUT2D eigenvalue weighted by atomic mass is 10.1. The number of esters is 1. The lowest BCUT2D eigenvalue weighted by Crippen LogP contribution is -2.27. The van der Waals surface area contributed by atoms with Crippen LogP contribution in [0.5, 0.6) is 0 Å². The van der Waals surface area contributed by atoms with E-state index >= 15 is 0 Å². The maximum atomic E-state index is 13.2. The van der Waals surface area contributed by atoms with Crippen molar-refractivity contribution in [2.75, 3.05) is 23.8 Å². The number of benzene rings is 3. The molecule has 1 amide bonds. The molecule has 3 rings (SSSR count). The smallest absolute Gasteiger partial charge is 0.337 e. The monoisotopic (exact) mass is 490 g/mol. The Morgan fingerprint density at radius 2 is 1.70 bits per heavy atom. The molecule has 3 aromatic carbocycles. The van der Waals surface area contributed by atoms with Gasteiger partial charge in [-0.1, -0.05) is 11.6 Å². The molecule has 0 aromatic heterocycles. The van der Waals surface area contributed by atoms with Crippen LogP contribution in [0.4, 0.5) is 15.8 Å². The molecule has 0 saturated carbocycles. The fraction of sp³-hybridized carbons (Fsp3) is 0.130. The average Bonchev–Trinajstić information content (AvgIpc) is 2.79. The molecule has 172 valence electrons. The zero-order valence-corrected chi connectivity index (χ0v) is 19.5. The van der Waals surface area contributed by atoms with E-state index in [4.69, 9.17) is 11.6 Å². The van der Waals surface area contributed by atoms with Crippen LogP contribution in [0.15, 0.2) is 65.6 Å². The second-order valence-corrected chi connectivity index (χ2v) is 9.44. The van der Waals surface area contributed by atoms with Gasteiger partial charge in [-0.3, -0.25) is 9.10 Å². The molecule has 0 spiro atoms. The first-order valence-corrected chi connectivity index (χ1v) is 11.4. The van der Waals surface area contributed by atoms with Crippen molar-refractivity contribution in [2.24, 2.45) is 0 Å². The highest BCUT2D eigenvalue weighted by molar-refractivity contribution is 7.92. The molecule has 0 aliphatic rings. The summed E-state index contributed by atoms with van der Waals surface area (Å²) in [5.74, 6) is -1.64. The van der Waals surface area contributed by atoms with Crippen molar-refractivity contribution >= 4 is 44.9 Å². The summed E-state index contributed by atoms with van der Waals surface area (Å²) in [4.78, 5) is 24.4.